The highest BCUT2D eigenvalue weighted by molar-refractivity contribution is 7.99. The number of hydrogen-bond donors (Lipinski definition) is 1. The molecule has 0 heterocycles. The molecule has 2 rings (SSSR count). The molecule has 0 radical (unpaired) electrons. The fourth-order valence-electron chi connectivity index (χ4n) is 2.06. The maximum atomic E-state index is 12.8. The first-order chi connectivity index (χ1) is 12.5. The molecule has 7 heteroatoms. The number of ether oxygens (including phenoxy) is 1. The van der Waals surface area contributed by atoms with Crippen molar-refractivity contribution in [2.75, 3.05) is 5.75 Å². The minimum absolute atomic E-state index is 0.157. The zero-order chi connectivity index (χ0) is 18.9. The lowest BCUT2D eigenvalue weighted by Gasteiger charge is -2.14. The Bertz CT molecular complexity index is 755. The molecule has 1 atom stereocenters. The van der Waals surface area contributed by atoms with Crippen LogP contribution in [0.25, 0.3) is 0 Å². The lowest BCUT2D eigenvalue weighted by atomic mass is 10.2. The zero-order valence-electron chi connectivity index (χ0n) is 14.2. The van der Waals surface area contributed by atoms with Gasteiger partial charge in [0.1, 0.15) is 5.82 Å². The van der Waals surface area contributed by atoms with Gasteiger partial charge in [-0.05, 0) is 42.8 Å². The Morgan fingerprint density at radius 1 is 1.19 bits per heavy atom. The number of thioether (sulfide) groups is 1. The first-order valence-electron chi connectivity index (χ1n) is 8.04. The van der Waals surface area contributed by atoms with E-state index in [2.05, 4.69) is 5.32 Å². The number of nitrogens with one attached hydrogen (secondary N) is 1. The van der Waals surface area contributed by atoms with Crippen LogP contribution < -0.4 is 5.32 Å². The fourth-order valence-corrected chi connectivity index (χ4v) is 3.10. The average molecular weight is 396 g/mol. The van der Waals surface area contributed by atoms with Gasteiger partial charge < -0.3 is 10.1 Å². The Morgan fingerprint density at radius 2 is 1.88 bits per heavy atom. The van der Waals surface area contributed by atoms with Crippen molar-refractivity contribution in [1.29, 1.82) is 0 Å². The maximum absolute atomic E-state index is 12.8. The largest absolute Gasteiger partial charge is 0.453 e. The molecule has 0 bridgehead atoms. The van der Waals surface area contributed by atoms with Crippen molar-refractivity contribution in [3.05, 3.63) is 64.9 Å². The molecule has 0 aliphatic rings. The minimum atomic E-state index is -0.888. The van der Waals surface area contributed by atoms with Crippen LogP contribution in [0.1, 0.15) is 18.9 Å². The third kappa shape index (κ3) is 6.69. The van der Waals surface area contributed by atoms with E-state index in [-0.39, 0.29) is 24.7 Å². The molecule has 0 saturated heterocycles. The number of carbonyl (C=O) groups excluding carboxylic acids is 2. The molecule has 0 unspecified atom stereocenters. The molecular weight excluding hydrogens is 377 g/mol. The SMILES string of the molecule is C[C@H](OC(=O)CCSc1ccc(F)cc1)C(=O)NCc1ccccc1Cl. The summed E-state index contributed by atoms with van der Waals surface area (Å²) in [5, 5.41) is 3.26. The smallest absolute Gasteiger partial charge is 0.307 e. The second-order valence-electron chi connectivity index (χ2n) is 5.49. The Hall–Kier alpha value is -2.05. The van der Waals surface area contributed by atoms with E-state index in [4.69, 9.17) is 16.3 Å². The summed E-state index contributed by atoms with van der Waals surface area (Å²) >= 11 is 7.45. The molecule has 2 aromatic rings. The van der Waals surface area contributed by atoms with Gasteiger partial charge in [0, 0.05) is 22.2 Å². The van der Waals surface area contributed by atoms with Crippen molar-refractivity contribution >= 4 is 35.2 Å². The Labute approximate surface area is 161 Å². The summed E-state index contributed by atoms with van der Waals surface area (Å²) in [7, 11) is 0. The van der Waals surface area contributed by atoms with Crippen LogP contribution in [0, 0.1) is 5.82 Å². The van der Waals surface area contributed by atoms with Gasteiger partial charge in [-0.25, -0.2) is 4.39 Å². The molecule has 0 fully saturated rings. The molecule has 1 N–H and O–H groups in total. The van der Waals surface area contributed by atoms with Crippen molar-refractivity contribution in [2.45, 2.75) is 30.9 Å². The summed E-state index contributed by atoms with van der Waals surface area (Å²) in [6.07, 6.45) is -0.731. The Morgan fingerprint density at radius 3 is 2.58 bits per heavy atom. The number of rotatable bonds is 8. The highest BCUT2D eigenvalue weighted by Crippen LogP contribution is 2.19. The number of carbonyl (C=O) groups is 2. The maximum Gasteiger partial charge on any atom is 0.307 e. The van der Waals surface area contributed by atoms with Crippen molar-refractivity contribution in [3.63, 3.8) is 0 Å². The van der Waals surface area contributed by atoms with Crippen molar-refractivity contribution in [1.82, 2.24) is 5.32 Å². The van der Waals surface area contributed by atoms with E-state index in [0.717, 1.165) is 10.5 Å². The second-order valence-corrected chi connectivity index (χ2v) is 7.07. The minimum Gasteiger partial charge on any atom is -0.453 e. The normalized spacial score (nSPS) is 11.7. The van der Waals surface area contributed by atoms with Gasteiger partial charge in [0.05, 0.1) is 6.42 Å². The average Bonchev–Trinajstić information content (AvgIpc) is 2.62. The van der Waals surface area contributed by atoms with Crippen LogP contribution in [0.2, 0.25) is 5.02 Å². The monoisotopic (exact) mass is 395 g/mol. The Balaban J connectivity index is 1.69. The van der Waals surface area contributed by atoms with Gasteiger partial charge in [-0.3, -0.25) is 9.59 Å². The molecular formula is C19H19ClFNO3S. The molecule has 2 aromatic carbocycles. The summed E-state index contributed by atoms with van der Waals surface area (Å²) in [6, 6.07) is 13.2. The second kappa shape index (κ2) is 10.2. The van der Waals surface area contributed by atoms with Crippen molar-refractivity contribution < 1.29 is 18.7 Å². The molecule has 0 aliphatic heterocycles. The van der Waals surface area contributed by atoms with Gasteiger partial charge in [-0.15, -0.1) is 11.8 Å². The summed E-state index contributed by atoms with van der Waals surface area (Å²) in [6.45, 7) is 1.79. The topological polar surface area (TPSA) is 55.4 Å². The Kier molecular flexibility index (Phi) is 7.94. The molecule has 4 nitrogen and oxygen atoms in total. The summed E-state index contributed by atoms with van der Waals surface area (Å²) in [5.74, 6) is -0.659. The third-order valence-electron chi connectivity index (χ3n) is 3.48. The first kappa shape index (κ1) is 20.3. The van der Waals surface area contributed by atoms with Gasteiger partial charge in [-0.2, -0.15) is 0 Å². The summed E-state index contributed by atoms with van der Waals surface area (Å²) < 4.78 is 18.0. The standard InChI is InChI=1S/C19H19ClFNO3S/c1-13(19(24)22-12-14-4-2-3-5-17(14)20)25-18(23)10-11-26-16-8-6-15(21)7-9-16/h2-9,13H,10-12H2,1H3,(H,22,24)/t13-/m0/s1. The van der Waals surface area contributed by atoms with Crippen LogP contribution in [0.4, 0.5) is 4.39 Å². The predicted molar refractivity (Wildman–Crippen MR) is 101 cm³/mol. The van der Waals surface area contributed by atoms with Crippen molar-refractivity contribution in [3.8, 4) is 0 Å². The molecule has 0 saturated carbocycles. The van der Waals surface area contributed by atoms with Crippen LogP contribution in [0.5, 0.6) is 0 Å². The fraction of sp³-hybridized carbons (Fsp3) is 0.263. The van der Waals surface area contributed by atoms with E-state index < -0.39 is 12.1 Å². The number of benzene rings is 2. The highest BCUT2D eigenvalue weighted by Gasteiger charge is 2.17. The summed E-state index contributed by atoms with van der Waals surface area (Å²) in [4.78, 5) is 24.7. The highest BCUT2D eigenvalue weighted by atomic mass is 35.5. The van der Waals surface area contributed by atoms with Crippen LogP contribution in [-0.2, 0) is 20.9 Å². The van der Waals surface area contributed by atoms with Crippen LogP contribution in [-0.4, -0.2) is 23.7 Å². The molecule has 138 valence electrons. The summed E-state index contributed by atoms with van der Waals surface area (Å²) in [5.41, 5.74) is 0.789. The van der Waals surface area contributed by atoms with Gasteiger partial charge in [0.15, 0.2) is 6.10 Å². The number of amides is 1. The van der Waals surface area contributed by atoms with Gasteiger partial charge >= 0.3 is 5.97 Å². The predicted octanol–water partition coefficient (Wildman–Crippen LogP) is 4.21. The lowest BCUT2D eigenvalue weighted by Crippen LogP contribution is -2.35. The molecule has 26 heavy (non-hydrogen) atoms. The van der Waals surface area contributed by atoms with Gasteiger partial charge in [0.25, 0.3) is 5.91 Å². The zero-order valence-corrected chi connectivity index (χ0v) is 15.8. The molecule has 1 amide bonds. The van der Waals surface area contributed by atoms with Crippen LogP contribution in [0.3, 0.4) is 0 Å². The van der Waals surface area contributed by atoms with E-state index in [1.165, 1.54) is 30.8 Å². The van der Waals surface area contributed by atoms with Crippen molar-refractivity contribution in [2.24, 2.45) is 0 Å². The third-order valence-corrected chi connectivity index (χ3v) is 4.86. The van der Waals surface area contributed by atoms with E-state index in [1.54, 1.807) is 18.2 Å². The van der Waals surface area contributed by atoms with Crippen LogP contribution in [0.15, 0.2) is 53.4 Å². The quantitative estimate of drug-likeness (QED) is 0.537. The number of esters is 1. The van der Waals surface area contributed by atoms with Gasteiger partial charge in [-0.1, -0.05) is 29.8 Å². The number of hydrogen-bond acceptors (Lipinski definition) is 4. The number of halogens is 2. The van der Waals surface area contributed by atoms with E-state index in [9.17, 15) is 14.0 Å². The van der Waals surface area contributed by atoms with E-state index in [1.807, 2.05) is 18.2 Å². The molecule has 0 aromatic heterocycles. The van der Waals surface area contributed by atoms with E-state index >= 15 is 0 Å². The van der Waals surface area contributed by atoms with Gasteiger partial charge in [0.2, 0.25) is 0 Å². The lowest BCUT2D eigenvalue weighted by molar-refractivity contribution is -0.154. The molecule has 0 aliphatic carbocycles. The van der Waals surface area contributed by atoms with E-state index in [0.29, 0.717) is 10.8 Å². The first-order valence-corrected chi connectivity index (χ1v) is 9.41. The molecule has 0 spiro atoms. The van der Waals surface area contributed by atoms with Crippen LogP contribution >= 0.6 is 23.4 Å².